The number of nitrogens with one attached hydrogen (secondary N) is 1. The fourth-order valence-electron chi connectivity index (χ4n) is 3.01. The number of amides is 1. The van der Waals surface area contributed by atoms with Crippen LogP contribution in [0.4, 0.5) is 0 Å². The molecule has 1 aliphatic rings. The maximum atomic E-state index is 12.7. The van der Waals surface area contributed by atoms with Gasteiger partial charge >= 0.3 is 5.97 Å². The van der Waals surface area contributed by atoms with Gasteiger partial charge in [-0.3, -0.25) is 9.59 Å². The Morgan fingerprint density at radius 1 is 1.35 bits per heavy atom. The number of allylic oxidation sites excluding steroid dienone is 1. The molecule has 1 heterocycles. The Bertz CT molecular complexity index is 752. The first kappa shape index (κ1) is 20.1. The lowest BCUT2D eigenvalue weighted by atomic mass is 9.77. The van der Waals surface area contributed by atoms with Gasteiger partial charge in [0.25, 0.3) is 0 Å². The van der Waals surface area contributed by atoms with Crippen LogP contribution in [0, 0.1) is 24.2 Å². The molecule has 1 aliphatic heterocycles. The van der Waals surface area contributed by atoms with E-state index in [4.69, 9.17) is 4.74 Å². The predicted molar refractivity (Wildman–Crippen MR) is 102 cm³/mol. The van der Waals surface area contributed by atoms with E-state index in [1.54, 1.807) is 6.92 Å². The fraction of sp³-hybridized carbons (Fsp3) is 0.450. The first-order valence-corrected chi connectivity index (χ1v) is 9.83. The Labute approximate surface area is 158 Å². The molecular formula is C20H24N2O3S. The van der Waals surface area contributed by atoms with Crippen LogP contribution in [-0.2, 0) is 14.3 Å². The van der Waals surface area contributed by atoms with E-state index >= 15 is 0 Å². The highest BCUT2D eigenvalue weighted by atomic mass is 32.2. The monoisotopic (exact) mass is 372 g/mol. The molecule has 0 saturated carbocycles. The molecule has 0 saturated heterocycles. The summed E-state index contributed by atoms with van der Waals surface area (Å²) in [6, 6.07) is 9.79. The Hall–Kier alpha value is -2.26. The average Bonchev–Trinajstić information content (AvgIpc) is 2.62. The van der Waals surface area contributed by atoms with E-state index in [1.807, 2.05) is 31.2 Å². The molecule has 1 amide bonds. The van der Waals surface area contributed by atoms with Crippen molar-refractivity contribution in [2.24, 2.45) is 5.92 Å². The van der Waals surface area contributed by atoms with Crippen LogP contribution in [-0.4, -0.2) is 24.2 Å². The molecular weight excluding hydrogens is 348 g/mol. The maximum Gasteiger partial charge on any atom is 0.319 e. The van der Waals surface area contributed by atoms with Gasteiger partial charge in [-0.25, -0.2) is 0 Å². The number of rotatable bonds is 7. The lowest BCUT2D eigenvalue weighted by molar-refractivity contribution is -0.152. The minimum atomic E-state index is -1.05. The fourth-order valence-corrected chi connectivity index (χ4v) is 4.15. The largest absolute Gasteiger partial charge is 0.465 e. The maximum absolute atomic E-state index is 12.7. The highest BCUT2D eigenvalue weighted by Crippen LogP contribution is 2.41. The van der Waals surface area contributed by atoms with Gasteiger partial charge in [-0.15, -0.1) is 11.8 Å². The van der Waals surface area contributed by atoms with Crippen molar-refractivity contribution in [1.29, 1.82) is 5.26 Å². The number of nitriles is 1. The summed E-state index contributed by atoms with van der Waals surface area (Å²) >= 11 is 1.46. The first-order chi connectivity index (χ1) is 12.5. The van der Waals surface area contributed by atoms with Gasteiger partial charge in [0.1, 0.15) is 5.92 Å². The number of ether oxygens (including phenoxy) is 1. The lowest BCUT2D eigenvalue weighted by Crippen LogP contribution is -2.44. The topological polar surface area (TPSA) is 79.2 Å². The number of aryl methyl sites for hydroxylation is 1. The van der Waals surface area contributed by atoms with Crippen molar-refractivity contribution in [3.8, 4) is 6.07 Å². The predicted octanol–water partition coefficient (Wildman–Crippen LogP) is 3.66. The Morgan fingerprint density at radius 3 is 2.69 bits per heavy atom. The third-order valence-electron chi connectivity index (χ3n) is 4.34. The van der Waals surface area contributed by atoms with E-state index < -0.39 is 23.7 Å². The zero-order chi connectivity index (χ0) is 19.1. The molecule has 0 bridgehead atoms. The van der Waals surface area contributed by atoms with Crippen LogP contribution in [0.5, 0.6) is 0 Å². The Morgan fingerprint density at radius 2 is 2.08 bits per heavy atom. The standard InChI is InChI=1S/C20H24N2O3S/c1-4-6-11-26-19-15(12-21)16(14-10-8-7-9-13(14)3)17(18(23)22-19)20(24)25-5-2/h7-10,16-17H,4-6,11H2,1-3H3,(H,22,23)/t16-,17-/m1/s1. The molecule has 2 atom stereocenters. The third kappa shape index (κ3) is 4.28. The molecule has 2 rings (SSSR count). The molecule has 0 radical (unpaired) electrons. The van der Waals surface area contributed by atoms with Crippen molar-refractivity contribution < 1.29 is 14.3 Å². The van der Waals surface area contributed by atoms with Crippen molar-refractivity contribution in [3.63, 3.8) is 0 Å². The molecule has 0 fully saturated rings. The molecule has 1 aromatic carbocycles. The van der Waals surface area contributed by atoms with Crippen LogP contribution in [0.1, 0.15) is 43.7 Å². The second kappa shape index (κ2) is 9.44. The van der Waals surface area contributed by atoms with Gasteiger partial charge in [-0.2, -0.15) is 5.26 Å². The molecule has 1 aromatic rings. The highest BCUT2D eigenvalue weighted by molar-refractivity contribution is 8.03. The van der Waals surface area contributed by atoms with Gasteiger partial charge in [0.05, 0.1) is 23.3 Å². The smallest absolute Gasteiger partial charge is 0.319 e. The molecule has 0 unspecified atom stereocenters. The quantitative estimate of drug-likeness (QED) is 0.449. The molecule has 5 nitrogen and oxygen atoms in total. The summed E-state index contributed by atoms with van der Waals surface area (Å²) in [7, 11) is 0. The van der Waals surface area contributed by atoms with Crippen molar-refractivity contribution >= 4 is 23.6 Å². The summed E-state index contributed by atoms with van der Waals surface area (Å²) in [4.78, 5) is 25.3. The lowest BCUT2D eigenvalue weighted by Gasteiger charge is -2.32. The van der Waals surface area contributed by atoms with Crippen LogP contribution < -0.4 is 5.32 Å². The number of carbonyl (C=O) groups is 2. The van der Waals surface area contributed by atoms with E-state index in [1.165, 1.54) is 11.8 Å². The van der Waals surface area contributed by atoms with Crippen molar-refractivity contribution in [2.75, 3.05) is 12.4 Å². The van der Waals surface area contributed by atoms with Gasteiger partial charge in [0, 0.05) is 5.92 Å². The van der Waals surface area contributed by atoms with Gasteiger partial charge in [0.15, 0.2) is 0 Å². The Kier molecular flexibility index (Phi) is 7.28. The SMILES string of the molecule is CCCCSC1=C(C#N)[C@@H](c2ccccc2C)[C@@H](C(=O)OCC)C(=O)N1. The molecule has 0 spiro atoms. The summed E-state index contributed by atoms with van der Waals surface area (Å²) in [5.41, 5.74) is 2.18. The van der Waals surface area contributed by atoms with Gasteiger partial charge in [-0.05, 0) is 37.1 Å². The van der Waals surface area contributed by atoms with Gasteiger partial charge in [0.2, 0.25) is 5.91 Å². The van der Waals surface area contributed by atoms with Crippen LogP contribution in [0.25, 0.3) is 0 Å². The zero-order valence-corrected chi connectivity index (χ0v) is 16.2. The normalized spacial score (nSPS) is 19.7. The highest BCUT2D eigenvalue weighted by Gasteiger charge is 2.44. The second-order valence-corrected chi connectivity index (χ2v) is 7.22. The first-order valence-electron chi connectivity index (χ1n) is 8.85. The number of hydrogen-bond acceptors (Lipinski definition) is 5. The number of hydrogen-bond donors (Lipinski definition) is 1. The number of nitrogens with zero attached hydrogens (tertiary/aromatic N) is 1. The van der Waals surface area contributed by atoms with Crippen molar-refractivity contribution in [2.45, 2.75) is 39.5 Å². The van der Waals surface area contributed by atoms with Gasteiger partial charge in [-0.1, -0.05) is 37.6 Å². The number of esters is 1. The average molecular weight is 372 g/mol. The van der Waals surface area contributed by atoms with Crippen LogP contribution in [0.2, 0.25) is 0 Å². The number of carbonyl (C=O) groups excluding carboxylic acids is 2. The van der Waals surface area contributed by atoms with Crippen LogP contribution in [0.3, 0.4) is 0 Å². The van der Waals surface area contributed by atoms with Crippen LogP contribution in [0.15, 0.2) is 34.9 Å². The molecule has 0 aliphatic carbocycles. The Balaban J connectivity index is 2.55. The summed E-state index contributed by atoms with van der Waals surface area (Å²) in [5, 5.41) is 13.2. The third-order valence-corrected chi connectivity index (χ3v) is 5.44. The van der Waals surface area contributed by atoms with Crippen molar-refractivity contribution in [1.82, 2.24) is 5.32 Å². The summed E-state index contributed by atoms with van der Waals surface area (Å²) in [5.74, 6) is -1.88. The second-order valence-electron chi connectivity index (χ2n) is 6.11. The summed E-state index contributed by atoms with van der Waals surface area (Å²) in [6.45, 7) is 5.90. The zero-order valence-electron chi connectivity index (χ0n) is 15.4. The summed E-state index contributed by atoms with van der Waals surface area (Å²) in [6.07, 6.45) is 2.02. The van der Waals surface area contributed by atoms with E-state index in [2.05, 4.69) is 18.3 Å². The molecule has 138 valence electrons. The molecule has 6 heteroatoms. The number of benzene rings is 1. The van der Waals surface area contributed by atoms with Crippen LogP contribution >= 0.6 is 11.8 Å². The summed E-state index contributed by atoms with van der Waals surface area (Å²) < 4.78 is 5.13. The van der Waals surface area contributed by atoms with Gasteiger partial charge < -0.3 is 10.1 Å². The minimum absolute atomic E-state index is 0.187. The molecule has 1 N–H and O–H groups in total. The van der Waals surface area contributed by atoms with Crippen molar-refractivity contribution in [3.05, 3.63) is 46.0 Å². The van der Waals surface area contributed by atoms with E-state index in [-0.39, 0.29) is 6.61 Å². The molecule has 0 aromatic heterocycles. The van der Waals surface area contributed by atoms with E-state index in [0.29, 0.717) is 10.6 Å². The van der Waals surface area contributed by atoms with E-state index in [0.717, 1.165) is 29.7 Å². The van der Waals surface area contributed by atoms with E-state index in [9.17, 15) is 14.9 Å². The number of unbranched alkanes of at least 4 members (excludes halogenated alkanes) is 1. The molecule has 26 heavy (non-hydrogen) atoms. The minimum Gasteiger partial charge on any atom is -0.465 e. The number of thioether (sulfide) groups is 1.